The predicted octanol–water partition coefficient (Wildman–Crippen LogP) is 3.55. The summed E-state index contributed by atoms with van der Waals surface area (Å²) in [7, 11) is -3.54. The molecule has 0 bridgehead atoms. The van der Waals surface area contributed by atoms with E-state index >= 15 is 0 Å². The molecule has 2 heterocycles. The van der Waals surface area contributed by atoms with Gasteiger partial charge in [-0.2, -0.15) is 15.6 Å². The quantitative estimate of drug-likeness (QED) is 0.831. The molecule has 0 radical (unpaired) electrons. The fourth-order valence-corrected chi connectivity index (χ4v) is 5.01. The van der Waals surface area contributed by atoms with Gasteiger partial charge in [-0.15, -0.1) is 0 Å². The van der Waals surface area contributed by atoms with Gasteiger partial charge in [0.1, 0.15) is 0 Å². The molecule has 3 rings (SSSR count). The second kappa shape index (κ2) is 6.72. The summed E-state index contributed by atoms with van der Waals surface area (Å²) >= 11 is 4.79. The number of hydrogen-bond donors (Lipinski definition) is 1. The van der Waals surface area contributed by atoms with E-state index in [1.54, 1.807) is 12.1 Å². The maximum absolute atomic E-state index is 12.6. The molecule has 1 N–H and O–H groups in total. The van der Waals surface area contributed by atoms with Crippen molar-refractivity contribution in [1.29, 1.82) is 0 Å². The van der Waals surface area contributed by atoms with Crippen LogP contribution in [0.5, 0.6) is 0 Å². The van der Waals surface area contributed by atoms with Gasteiger partial charge in [0.2, 0.25) is 10.0 Å². The number of carbonyl (C=O) groups excluding carboxylic acids is 1. The van der Waals surface area contributed by atoms with E-state index in [4.69, 9.17) is 0 Å². The normalized spacial score (nSPS) is 15.7. The van der Waals surface area contributed by atoms with E-state index in [2.05, 4.69) is 21.2 Å². The Balaban J connectivity index is 1.91. The molecule has 122 valence electrons. The number of nitrogens with one attached hydrogen (secondary N) is 1. The van der Waals surface area contributed by atoms with Crippen LogP contribution in [0.15, 0.2) is 44.4 Å². The molecule has 0 saturated carbocycles. The second-order valence-electron chi connectivity index (χ2n) is 5.22. The molecule has 1 amide bonds. The second-order valence-corrected chi connectivity index (χ2v) is 8.79. The number of nitrogens with zero attached hydrogens (tertiary/aromatic N) is 1. The number of hydrogen-bond acceptors (Lipinski definition) is 4. The van der Waals surface area contributed by atoms with Gasteiger partial charge in [-0.1, -0.05) is 0 Å². The molecule has 23 heavy (non-hydrogen) atoms. The number of rotatable bonds is 4. The lowest BCUT2D eigenvalue weighted by Crippen LogP contribution is -2.28. The maximum Gasteiger partial charge on any atom is 0.256 e. The first-order chi connectivity index (χ1) is 11.0. The third-order valence-electron chi connectivity index (χ3n) is 3.66. The first-order valence-corrected chi connectivity index (χ1v) is 10.3. The largest absolute Gasteiger partial charge is 0.321 e. The first-order valence-electron chi connectivity index (χ1n) is 7.12. The average molecular weight is 415 g/mol. The summed E-state index contributed by atoms with van der Waals surface area (Å²) in [6.07, 6.45) is 1.75. The van der Waals surface area contributed by atoms with E-state index < -0.39 is 10.0 Å². The highest BCUT2D eigenvalue weighted by Crippen LogP contribution is 2.26. The summed E-state index contributed by atoms with van der Waals surface area (Å²) in [4.78, 5) is 12.5. The number of sulfonamides is 1. The van der Waals surface area contributed by atoms with Crippen LogP contribution in [0.1, 0.15) is 23.2 Å². The van der Waals surface area contributed by atoms with Crippen molar-refractivity contribution in [2.24, 2.45) is 0 Å². The highest BCUT2D eigenvalue weighted by atomic mass is 79.9. The molecule has 1 aromatic heterocycles. The van der Waals surface area contributed by atoms with Gasteiger partial charge in [-0.05, 0) is 58.4 Å². The van der Waals surface area contributed by atoms with Gasteiger partial charge in [0.15, 0.2) is 0 Å². The molecule has 5 nitrogen and oxygen atoms in total. The lowest BCUT2D eigenvalue weighted by molar-refractivity contribution is 0.102. The molecule has 0 spiro atoms. The van der Waals surface area contributed by atoms with Crippen molar-refractivity contribution in [3.05, 3.63) is 45.1 Å². The van der Waals surface area contributed by atoms with Gasteiger partial charge in [0.25, 0.3) is 5.91 Å². The Hall–Kier alpha value is -1.22. The van der Waals surface area contributed by atoms with Gasteiger partial charge in [-0.3, -0.25) is 4.79 Å². The Bertz CT molecular complexity index is 813. The van der Waals surface area contributed by atoms with Gasteiger partial charge in [-0.25, -0.2) is 8.42 Å². The molecule has 0 atom stereocenters. The van der Waals surface area contributed by atoms with Gasteiger partial charge < -0.3 is 5.32 Å². The van der Waals surface area contributed by atoms with E-state index in [-0.39, 0.29) is 10.8 Å². The monoisotopic (exact) mass is 414 g/mol. The van der Waals surface area contributed by atoms with Crippen LogP contribution < -0.4 is 5.32 Å². The summed E-state index contributed by atoms with van der Waals surface area (Å²) < 4.78 is 27.3. The van der Waals surface area contributed by atoms with Crippen LogP contribution in [0.2, 0.25) is 0 Å². The molecular formula is C15H15BrN2O3S2. The standard InChI is InChI=1S/C15H15BrN2O3S2/c16-14-4-3-12(23(20,21)18-6-1-2-7-18)9-13(14)15(19)17-11-5-8-22-10-11/h3-5,8-10H,1-2,6-7H2,(H,17,19). The van der Waals surface area contributed by atoms with Crippen molar-refractivity contribution in [1.82, 2.24) is 4.31 Å². The molecule has 1 fully saturated rings. The van der Waals surface area contributed by atoms with Crippen LogP contribution in [0.3, 0.4) is 0 Å². The van der Waals surface area contributed by atoms with Crippen molar-refractivity contribution < 1.29 is 13.2 Å². The molecule has 2 aromatic rings. The van der Waals surface area contributed by atoms with E-state index in [1.165, 1.54) is 27.8 Å². The minimum absolute atomic E-state index is 0.151. The lowest BCUT2D eigenvalue weighted by Gasteiger charge is -2.16. The number of anilines is 1. The Morgan fingerprint density at radius 3 is 2.61 bits per heavy atom. The number of carbonyl (C=O) groups is 1. The van der Waals surface area contributed by atoms with Crippen LogP contribution in [0.4, 0.5) is 5.69 Å². The minimum atomic E-state index is -3.54. The molecule has 0 unspecified atom stereocenters. The SMILES string of the molecule is O=C(Nc1ccsc1)c1cc(S(=O)(=O)N2CCCC2)ccc1Br. The van der Waals surface area contributed by atoms with E-state index in [0.29, 0.717) is 28.8 Å². The fourth-order valence-electron chi connectivity index (χ4n) is 2.45. The molecular weight excluding hydrogens is 400 g/mol. The highest BCUT2D eigenvalue weighted by Gasteiger charge is 2.28. The Morgan fingerprint density at radius 1 is 1.22 bits per heavy atom. The molecule has 8 heteroatoms. The smallest absolute Gasteiger partial charge is 0.256 e. The van der Waals surface area contributed by atoms with Crippen LogP contribution in [0.25, 0.3) is 0 Å². The van der Waals surface area contributed by atoms with Crippen molar-refractivity contribution in [3.63, 3.8) is 0 Å². The third kappa shape index (κ3) is 3.50. The Morgan fingerprint density at radius 2 is 1.96 bits per heavy atom. The number of benzene rings is 1. The molecule has 0 aliphatic carbocycles. The maximum atomic E-state index is 12.6. The van der Waals surface area contributed by atoms with Crippen LogP contribution in [-0.2, 0) is 10.0 Å². The summed E-state index contributed by atoms with van der Waals surface area (Å²) in [5, 5.41) is 6.44. The van der Waals surface area contributed by atoms with Crippen molar-refractivity contribution in [2.75, 3.05) is 18.4 Å². The van der Waals surface area contributed by atoms with E-state index in [1.807, 2.05) is 10.8 Å². The fraction of sp³-hybridized carbons (Fsp3) is 0.267. The van der Waals surface area contributed by atoms with Crippen molar-refractivity contribution >= 4 is 48.9 Å². The van der Waals surface area contributed by atoms with E-state index in [9.17, 15) is 13.2 Å². The zero-order valence-electron chi connectivity index (χ0n) is 12.2. The zero-order chi connectivity index (χ0) is 16.4. The summed E-state index contributed by atoms with van der Waals surface area (Å²) in [5.41, 5.74) is 0.996. The Kier molecular flexibility index (Phi) is 4.86. The van der Waals surface area contributed by atoms with Gasteiger partial charge in [0.05, 0.1) is 16.1 Å². The van der Waals surface area contributed by atoms with Gasteiger partial charge in [0, 0.05) is 22.9 Å². The molecule has 1 saturated heterocycles. The average Bonchev–Trinajstić information content (AvgIpc) is 3.20. The molecule has 1 aliphatic rings. The molecule has 1 aromatic carbocycles. The predicted molar refractivity (Wildman–Crippen MR) is 94.4 cm³/mol. The number of thiophene rings is 1. The third-order valence-corrected chi connectivity index (χ3v) is 6.93. The zero-order valence-corrected chi connectivity index (χ0v) is 15.4. The molecule has 1 aliphatic heterocycles. The summed E-state index contributed by atoms with van der Waals surface area (Å²) in [5.74, 6) is -0.339. The van der Waals surface area contributed by atoms with E-state index in [0.717, 1.165) is 12.8 Å². The minimum Gasteiger partial charge on any atom is -0.321 e. The van der Waals surface area contributed by atoms with Crippen molar-refractivity contribution in [3.8, 4) is 0 Å². The lowest BCUT2D eigenvalue weighted by atomic mass is 10.2. The van der Waals surface area contributed by atoms with Gasteiger partial charge >= 0.3 is 0 Å². The number of amides is 1. The first kappa shape index (κ1) is 16.6. The van der Waals surface area contributed by atoms with Crippen LogP contribution in [0, 0.1) is 0 Å². The van der Waals surface area contributed by atoms with Crippen LogP contribution >= 0.6 is 27.3 Å². The highest BCUT2D eigenvalue weighted by molar-refractivity contribution is 9.10. The van der Waals surface area contributed by atoms with Crippen LogP contribution in [-0.4, -0.2) is 31.7 Å². The summed E-state index contributed by atoms with van der Waals surface area (Å²) in [6, 6.07) is 6.35. The van der Waals surface area contributed by atoms with Crippen molar-refractivity contribution in [2.45, 2.75) is 17.7 Å². The topological polar surface area (TPSA) is 66.5 Å². The summed E-state index contributed by atoms with van der Waals surface area (Å²) in [6.45, 7) is 1.07. The Labute approximate surface area is 147 Å². The number of halogens is 1.